The second kappa shape index (κ2) is 4.89. The second-order valence-electron chi connectivity index (χ2n) is 4.62. The highest BCUT2D eigenvalue weighted by Gasteiger charge is 2.15. The Kier molecular flexibility index (Phi) is 3.20. The molecule has 0 spiro atoms. The van der Waals surface area contributed by atoms with Crippen LogP contribution in [-0.2, 0) is 6.54 Å². The van der Waals surface area contributed by atoms with Gasteiger partial charge in [-0.25, -0.2) is 9.37 Å². The second-order valence-corrected chi connectivity index (χ2v) is 5.00. The minimum Gasteiger partial charge on any atom is -0.325 e. The van der Waals surface area contributed by atoms with Gasteiger partial charge in [-0.2, -0.15) is 0 Å². The van der Waals surface area contributed by atoms with Gasteiger partial charge < -0.3 is 5.73 Å². The van der Waals surface area contributed by atoms with Crippen molar-refractivity contribution >= 4 is 17.2 Å². The monoisotopic (exact) mass is 289 g/mol. The first-order valence-electron chi connectivity index (χ1n) is 6.24. The SMILES string of the molecule is Cc1cc(-c2nc3cccc(Cl)n3c2CN)ccc1F. The van der Waals surface area contributed by atoms with Crippen LogP contribution >= 0.6 is 11.6 Å². The summed E-state index contributed by atoms with van der Waals surface area (Å²) in [5.74, 6) is -0.232. The zero-order valence-corrected chi connectivity index (χ0v) is 11.7. The zero-order chi connectivity index (χ0) is 14.3. The fraction of sp³-hybridized carbons (Fsp3) is 0.133. The molecule has 20 heavy (non-hydrogen) atoms. The van der Waals surface area contributed by atoms with E-state index < -0.39 is 0 Å². The zero-order valence-electron chi connectivity index (χ0n) is 10.9. The molecule has 3 rings (SSSR count). The molecule has 102 valence electrons. The molecule has 2 heterocycles. The highest BCUT2D eigenvalue weighted by Crippen LogP contribution is 2.28. The van der Waals surface area contributed by atoms with E-state index in [2.05, 4.69) is 4.98 Å². The number of aryl methyl sites for hydroxylation is 1. The molecule has 0 radical (unpaired) electrons. The van der Waals surface area contributed by atoms with Gasteiger partial charge in [0.05, 0.1) is 11.4 Å². The average Bonchev–Trinajstić information content (AvgIpc) is 2.82. The standard InChI is InChI=1S/C15H13ClFN3/c1-9-7-10(5-6-11(9)17)15-12(8-18)20-13(16)3-2-4-14(20)19-15/h2-7H,8,18H2,1H3. The lowest BCUT2D eigenvalue weighted by Crippen LogP contribution is -2.03. The number of imidazole rings is 1. The maximum atomic E-state index is 13.4. The van der Waals surface area contributed by atoms with Crippen LogP contribution < -0.4 is 5.73 Å². The number of fused-ring (bicyclic) bond motifs is 1. The number of aromatic nitrogens is 2. The summed E-state index contributed by atoms with van der Waals surface area (Å²) in [5.41, 5.74) is 9.54. The van der Waals surface area contributed by atoms with Crippen LogP contribution in [0.15, 0.2) is 36.4 Å². The molecule has 0 saturated heterocycles. The van der Waals surface area contributed by atoms with E-state index in [4.69, 9.17) is 17.3 Å². The Morgan fingerprint density at radius 2 is 2.10 bits per heavy atom. The van der Waals surface area contributed by atoms with Crippen LogP contribution in [0.25, 0.3) is 16.9 Å². The Hall–Kier alpha value is -1.91. The third kappa shape index (κ3) is 1.97. The van der Waals surface area contributed by atoms with Gasteiger partial charge in [0.1, 0.15) is 16.6 Å². The number of rotatable bonds is 2. The lowest BCUT2D eigenvalue weighted by Gasteiger charge is -2.05. The van der Waals surface area contributed by atoms with E-state index in [9.17, 15) is 4.39 Å². The van der Waals surface area contributed by atoms with Crippen LogP contribution in [0.3, 0.4) is 0 Å². The average molecular weight is 290 g/mol. The van der Waals surface area contributed by atoms with Crippen molar-refractivity contribution in [3.63, 3.8) is 0 Å². The first-order valence-corrected chi connectivity index (χ1v) is 6.62. The molecule has 0 atom stereocenters. The molecule has 0 fully saturated rings. The van der Waals surface area contributed by atoms with Crippen LogP contribution in [0.1, 0.15) is 11.3 Å². The predicted molar refractivity (Wildman–Crippen MR) is 78.2 cm³/mol. The summed E-state index contributed by atoms with van der Waals surface area (Å²) < 4.78 is 15.2. The number of nitrogens with two attached hydrogens (primary N) is 1. The minimum absolute atomic E-state index is 0.232. The van der Waals surface area contributed by atoms with Gasteiger partial charge >= 0.3 is 0 Å². The number of hydrogen-bond acceptors (Lipinski definition) is 2. The Morgan fingerprint density at radius 1 is 1.30 bits per heavy atom. The van der Waals surface area contributed by atoms with E-state index >= 15 is 0 Å². The molecule has 3 aromatic rings. The fourth-order valence-electron chi connectivity index (χ4n) is 2.32. The third-order valence-electron chi connectivity index (χ3n) is 3.32. The Labute approximate surface area is 120 Å². The first kappa shape index (κ1) is 13.1. The van der Waals surface area contributed by atoms with Crippen molar-refractivity contribution in [2.24, 2.45) is 5.73 Å². The van der Waals surface area contributed by atoms with Crippen LogP contribution in [0, 0.1) is 12.7 Å². The minimum atomic E-state index is -0.232. The number of hydrogen-bond donors (Lipinski definition) is 1. The smallest absolute Gasteiger partial charge is 0.138 e. The van der Waals surface area contributed by atoms with Crippen molar-refractivity contribution in [1.29, 1.82) is 0 Å². The van der Waals surface area contributed by atoms with Gasteiger partial charge in [-0.15, -0.1) is 0 Å². The lowest BCUT2D eigenvalue weighted by molar-refractivity contribution is 0.618. The molecule has 0 aliphatic rings. The van der Waals surface area contributed by atoms with E-state index in [0.29, 0.717) is 17.3 Å². The van der Waals surface area contributed by atoms with E-state index in [0.717, 1.165) is 22.6 Å². The van der Waals surface area contributed by atoms with Gasteiger partial charge in [0.15, 0.2) is 0 Å². The molecular weight excluding hydrogens is 277 g/mol. The van der Waals surface area contributed by atoms with E-state index in [1.54, 1.807) is 25.1 Å². The summed E-state index contributed by atoms with van der Waals surface area (Å²) in [6, 6.07) is 10.4. The van der Waals surface area contributed by atoms with Gasteiger partial charge in [-0.05, 0) is 42.8 Å². The number of halogens is 2. The number of benzene rings is 1. The van der Waals surface area contributed by atoms with Gasteiger partial charge in [0.25, 0.3) is 0 Å². The molecule has 0 aliphatic heterocycles. The molecular formula is C15H13ClFN3. The number of nitrogens with zero attached hydrogens (tertiary/aromatic N) is 2. The van der Waals surface area contributed by atoms with E-state index in [1.165, 1.54) is 6.07 Å². The van der Waals surface area contributed by atoms with Crippen LogP contribution in [0.5, 0.6) is 0 Å². The number of pyridine rings is 1. The maximum Gasteiger partial charge on any atom is 0.138 e. The van der Waals surface area contributed by atoms with Crippen LogP contribution in [0.4, 0.5) is 4.39 Å². The molecule has 0 amide bonds. The van der Waals surface area contributed by atoms with Crippen molar-refractivity contribution in [3.8, 4) is 11.3 Å². The van der Waals surface area contributed by atoms with Crippen molar-refractivity contribution in [3.05, 3.63) is 58.6 Å². The molecule has 0 saturated carbocycles. The molecule has 5 heteroatoms. The van der Waals surface area contributed by atoms with Crippen molar-refractivity contribution in [1.82, 2.24) is 9.38 Å². The molecule has 0 bridgehead atoms. The van der Waals surface area contributed by atoms with Gasteiger partial charge in [0.2, 0.25) is 0 Å². The fourth-order valence-corrected chi connectivity index (χ4v) is 2.58. The quantitative estimate of drug-likeness (QED) is 0.733. The summed E-state index contributed by atoms with van der Waals surface area (Å²) >= 11 is 6.21. The molecule has 2 N–H and O–H groups in total. The summed E-state index contributed by atoms with van der Waals surface area (Å²) in [5, 5.41) is 0.556. The molecule has 3 nitrogen and oxygen atoms in total. The van der Waals surface area contributed by atoms with Crippen molar-refractivity contribution in [2.45, 2.75) is 13.5 Å². The molecule has 0 aliphatic carbocycles. The van der Waals surface area contributed by atoms with Crippen molar-refractivity contribution in [2.75, 3.05) is 0 Å². The Morgan fingerprint density at radius 3 is 2.80 bits per heavy atom. The first-order chi connectivity index (χ1) is 9.61. The summed E-state index contributed by atoms with van der Waals surface area (Å²) in [6.45, 7) is 2.03. The summed E-state index contributed by atoms with van der Waals surface area (Å²) in [6.07, 6.45) is 0. The molecule has 0 unspecified atom stereocenters. The maximum absolute atomic E-state index is 13.4. The highest BCUT2D eigenvalue weighted by molar-refractivity contribution is 6.29. The third-order valence-corrected chi connectivity index (χ3v) is 3.61. The normalized spacial score (nSPS) is 11.2. The van der Waals surface area contributed by atoms with E-state index in [-0.39, 0.29) is 5.82 Å². The van der Waals surface area contributed by atoms with E-state index in [1.807, 2.05) is 16.5 Å². The van der Waals surface area contributed by atoms with Crippen LogP contribution in [-0.4, -0.2) is 9.38 Å². The van der Waals surface area contributed by atoms with Gasteiger partial charge in [0, 0.05) is 12.1 Å². The summed E-state index contributed by atoms with van der Waals surface area (Å²) in [4.78, 5) is 4.56. The van der Waals surface area contributed by atoms with Crippen LogP contribution in [0.2, 0.25) is 5.15 Å². The molecule has 1 aromatic carbocycles. The Balaban J connectivity index is 2.30. The summed E-state index contributed by atoms with van der Waals surface area (Å²) in [7, 11) is 0. The van der Waals surface area contributed by atoms with Gasteiger partial charge in [-0.3, -0.25) is 4.40 Å². The van der Waals surface area contributed by atoms with Crippen molar-refractivity contribution < 1.29 is 4.39 Å². The highest BCUT2D eigenvalue weighted by atomic mass is 35.5. The topological polar surface area (TPSA) is 43.3 Å². The predicted octanol–water partition coefficient (Wildman–Crippen LogP) is 3.56. The Bertz CT molecular complexity index is 795. The largest absolute Gasteiger partial charge is 0.325 e. The molecule has 2 aromatic heterocycles. The van der Waals surface area contributed by atoms with Gasteiger partial charge in [-0.1, -0.05) is 17.7 Å². The lowest BCUT2D eigenvalue weighted by atomic mass is 10.1.